The molecule has 0 fully saturated rings. The Bertz CT molecular complexity index is 604. The highest BCUT2D eigenvalue weighted by atomic mass is 16.4. The van der Waals surface area contributed by atoms with E-state index in [1.807, 2.05) is 26.0 Å². The van der Waals surface area contributed by atoms with Crippen LogP contribution in [0.25, 0.3) is 0 Å². The number of nitrogens with one attached hydrogen (secondary N) is 3. The Morgan fingerprint density at radius 2 is 1.57 bits per heavy atom. The lowest BCUT2D eigenvalue weighted by atomic mass is 10.1. The molecule has 0 radical (unpaired) electrons. The summed E-state index contributed by atoms with van der Waals surface area (Å²) in [6.45, 7) is 4.65. The second-order valence-corrected chi connectivity index (χ2v) is 6.42. The van der Waals surface area contributed by atoms with E-state index in [9.17, 15) is 29.1 Å². The summed E-state index contributed by atoms with van der Waals surface area (Å²) in [5, 5.41) is 24.7. The minimum atomic E-state index is -1.26. The molecule has 0 aromatic heterocycles. The maximum Gasteiger partial charge on any atom is 0.326 e. The van der Waals surface area contributed by atoms with Crippen LogP contribution in [0.3, 0.4) is 0 Å². The van der Waals surface area contributed by atoms with Crippen LogP contribution in [0.2, 0.25) is 0 Å². The van der Waals surface area contributed by atoms with Gasteiger partial charge in [0.25, 0.3) is 0 Å². The van der Waals surface area contributed by atoms with Gasteiger partial charge in [-0.05, 0) is 25.7 Å². The fraction of sp³-hybridized carbons (Fsp3) is 0.611. The van der Waals surface area contributed by atoms with Gasteiger partial charge < -0.3 is 26.2 Å². The van der Waals surface area contributed by atoms with Gasteiger partial charge in [-0.15, -0.1) is 0 Å². The number of aliphatic carboxylic acids is 2. The van der Waals surface area contributed by atoms with E-state index in [2.05, 4.69) is 16.0 Å². The second-order valence-electron chi connectivity index (χ2n) is 6.42. The van der Waals surface area contributed by atoms with Gasteiger partial charge in [-0.3, -0.25) is 19.2 Å². The molecule has 0 spiro atoms. The van der Waals surface area contributed by atoms with Gasteiger partial charge in [0, 0.05) is 12.8 Å². The Labute approximate surface area is 163 Å². The van der Waals surface area contributed by atoms with Crippen molar-refractivity contribution in [1.82, 2.24) is 16.0 Å². The lowest BCUT2D eigenvalue weighted by molar-refractivity contribution is -0.142. The van der Waals surface area contributed by atoms with Crippen molar-refractivity contribution in [3.63, 3.8) is 0 Å². The van der Waals surface area contributed by atoms with Crippen molar-refractivity contribution in [3.05, 3.63) is 12.2 Å². The van der Waals surface area contributed by atoms with Crippen molar-refractivity contribution < 1.29 is 34.2 Å². The van der Waals surface area contributed by atoms with Gasteiger partial charge in [-0.2, -0.15) is 0 Å². The summed E-state index contributed by atoms with van der Waals surface area (Å²) in [6, 6.07) is -2.31. The third kappa shape index (κ3) is 11.7. The summed E-state index contributed by atoms with van der Waals surface area (Å²) in [5.74, 6) is -4.20. The molecule has 5 N–H and O–H groups in total. The molecule has 0 aliphatic carbocycles. The van der Waals surface area contributed by atoms with Gasteiger partial charge in [0.2, 0.25) is 17.7 Å². The topological polar surface area (TPSA) is 162 Å². The molecule has 0 rings (SSSR count). The Hall–Kier alpha value is -2.91. The first-order valence-corrected chi connectivity index (χ1v) is 9.04. The number of carboxylic acids is 2. The molecule has 1 unspecified atom stereocenters. The summed E-state index contributed by atoms with van der Waals surface area (Å²) in [6.07, 6.45) is 4.41. The maximum atomic E-state index is 11.9. The average molecular weight is 399 g/mol. The molecular weight excluding hydrogens is 370 g/mol. The predicted molar refractivity (Wildman–Crippen MR) is 100 cm³/mol. The van der Waals surface area contributed by atoms with E-state index >= 15 is 0 Å². The highest BCUT2D eigenvalue weighted by molar-refractivity contribution is 5.88. The first kappa shape index (κ1) is 25.1. The normalized spacial score (nSPS) is 14.0. The molecule has 0 bridgehead atoms. The first-order valence-electron chi connectivity index (χ1n) is 9.04. The van der Waals surface area contributed by atoms with Crippen LogP contribution in [0.15, 0.2) is 12.2 Å². The van der Waals surface area contributed by atoms with Gasteiger partial charge in [0.05, 0.1) is 6.54 Å². The zero-order chi connectivity index (χ0) is 21.7. The van der Waals surface area contributed by atoms with Crippen molar-refractivity contribution in [2.45, 2.75) is 58.5 Å². The van der Waals surface area contributed by atoms with Crippen molar-refractivity contribution in [2.75, 3.05) is 6.54 Å². The van der Waals surface area contributed by atoms with Gasteiger partial charge in [-0.1, -0.05) is 26.0 Å². The third-order valence-corrected chi connectivity index (χ3v) is 3.70. The van der Waals surface area contributed by atoms with E-state index in [1.165, 1.54) is 6.92 Å². The molecule has 0 aliphatic heterocycles. The summed E-state index contributed by atoms with van der Waals surface area (Å²) in [5.41, 5.74) is 0. The van der Waals surface area contributed by atoms with E-state index in [-0.39, 0.29) is 25.2 Å². The number of rotatable bonds is 13. The number of allylic oxidation sites excluding steroid dienone is 2. The van der Waals surface area contributed by atoms with Crippen LogP contribution in [0.1, 0.15) is 46.5 Å². The van der Waals surface area contributed by atoms with E-state index in [1.54, 1.807) is 0 Å². The van der Waals surface area contributed by atoms with Crippen molar-refractivity contribution in [3.8, 4) is 0 Å². The van der Waals surface area contributed by atoms with Crippen molar-refractivity contribution in [1.29, 1.82) is 0 Å². The molecule has 158 valence electrons. The maximum absolute atomic E-state index is 11.9. The number of carboxylic acid groups (broad SMARTS) is 2. The predicted octanol–water partition coefficient (Wildman–Crippen LogP) is 0.0339. The minimum Gasteiger partial charge on any atom is -0.480 e. The van der Waals surface area contributed by atoms with Gasteiger partial charge in [0.15, 0.2) is 0 Å². The zero-order valence-electron chi connectivity index (χ0n) is 16.4. The van der Waals surface area contributed by atoms with E-state index in [0.717, 1.165) is 6.42 Å². The molecule has 28 heavy (non-hydrogen) atoms. The molecule has 0 aromatic rings. The Morgan fingerprint density at radius 1 is 0.929 bits per heavy atom. The standard InChI is InChI=1S/C18H29N3O7/c1-4-5-6-11(2)9-15(23)21-13(18(27)28)7-8-14(22)19-10-16(24)20-12(3)17(25)26/h5-6,11-13H,4,7-10H2,1-3H3,(H,19,22)(H,20,24)(H,21,23)(H,25,26)(H,27,28)/b6-5+/t11?,12-,13-/m1/s1. The lowest BCUT2D eigenvalue weighted by Crippen LogP contribution is -2.44. The van der Waals surface area contributed by atoms with Crippen LogP contribution in [-0.2, 0) is 24.0 Å². The van der Waals surface area contributed by atoms with Crippen LogP contribution in [0, 0.1) is 5.92 Å². The molecular formula is C18H29N3O7. The fourth-order valence-corrected chi connectivity index (χ4v) is 2.14. The molecule has 0 aromatic carbocycles. The quantitative estimate of drug-likeness (QED) is 0.273. The molecule has 0 heterocycles. The van der Waals surface area contributed by atoms with Crippen LogP contribution in [0.4, 0.5) is 0 Å². The molecule has 0 saturated heterocycles. The number of hydrogen-bond donors (Lipinski definition) is 5. The number of carbonyl (C=O) groups is 5. The number of hydrogen-bond acceptors (Lipinski definition) is 5. The summed E-state index contributed by atoms with van der Waals surface area (Å²) < 4.78 is 0. The third-order valence-electron chi connectivity index (χ3n) is 3.70. The smallest absolute Gasteiger partial charge is 0.326 e. The summed E-state index contributed by atoms with van der Waals surface area (Å²) in [7, 11) is 0. The Kier molecular flexibility index (Phi) is 11.9. The molecule has 3 atom stereocenters. The lowest BCUT2D eigenvalue weighted by Gasteiger charge is -2.15. The molecule has 10 heteroatoms. The van der Waals surface area contributed by atoms with E-state index < -0.39 is 48.3 Å². The average Bonchev–Trinajstić information content (AvgIpc) is 2.61. The Balaban J connectivity index is 4.37. The Morgan fingerprint density at radius 3 is 2.11 bits per heavy atom. The molecule has 10 nitrogen and oxygen atoms in total. The zero-order valence-corrected chi connectivity index (χ0v) is 16.4. The minimum absolute atomic E-state index is 0.0376. The van der Waals surface area contributed by atoms with Crippen LogP contribution < -0.4 is 16.0 Å². The van der Waals surface area contributed by atoms with Crippen molar-refractivity contribution in [2.24, 2.45) is 5.92 Å². The number of carbonyl (C=O) groups excluding carboxylic acids is 3. The van der Waals surface area contributed by atoms with E-state index in [0.29, 0.717) is 0 Å². The SMILES string of the molecule is CC/C=C/C(C)CC(=O)N[C@H](CCC(=O)NCC(=O)N[C@H](C)C(=O)O)C(=O)O. The van der Waals surface area contributed by atoms with Crippen LogP contribution >= 0.6 is 0 Å². The molecule has 0 aliphatic rings. The fourth-order valence-electron chi connectivity index (χ4n) is 2.14. The number of amides is 3. The highest BCUT2D eigenvalue weighted by Crippen LogP contribution is 2.06. The highest BCUT2D eigenvalue weighted by Gasteiger charge is 2.22. The largest absolute Gasteiger partial charge is 0.480 e. The molecule has 3 amide bonds. The van der Waals surface area contributed by atoms with Crippen LogP contribution in [-0.4, -0.2) is 58.5 Å². The monoisotopic (exact) mass is 399 g/mol. The summed E-state index contributed by atoms with van der Waals surface area (Å²) in [4.78, 5) is 57.1. The molecule has 0 saturated carbocycles. The summed E-state index contributed by atoms with van der Waals surface area (Å²) >= 11 is 0. The van der Waals surface area contributed by atoms with Gasteiger partial charge in [-0.25, -0.2) is 4.79 Å². The van der Waals surface area contributed by atoms with Gasteiger partial charge in [0.1, 0.15) is 12.1 Å². The van der Waals surface area contributed by atoms with Gasteiger partial charge >= 0.3 is 11.9 Å². The first-order chi connectivity index (χ1) is 13.1. The van der Waals surface area contributed by atoms with E-state index in [4.69, 9.17) is 5.11 Å². The second kappa shape index (κ2) is 13.3. The van der Waals surface area contributed by atoms with Crippen molar-refractivity contribution >= 4 is 29.7 Å². The van der Waals surface area contributed by atoms with Crippen LogP contribution in [0.5, 0.6) is 0 Å².